The van der Waals surface area contributed by atoms with Gasteiger partial charge in [-0.2, -0.15) is 0 Å². The molecule has 0 amide bonds. The summed E-state index contributed by atoms with van der Waals surface area (Å²) in [7, 11) is 0. The Morgan fingerprint density at radius 3 is 1.78 bits per heavy atom. The average Bonchev–Trinajstić information content (AvgIpc) is 2.57. The fourth-order valence-electron chi connectivity index (χ4n) is 2.10. The van der Waals surface area contributed by atoms with E-state index in [1.807, 2.05) is 24.3 Å². The van der Waals surface area contributed by atoms with Gasteiger partial charge in [-0.25, -0.2) is 0 Å². The molecule has 0 spiro atoms. The maximum absolute atomic E-state index is 9.78. The molecule has 2 rings (SSSR count). The Balaban J connectivity index is 2.14. The second-order valence-corrected chi connectivity index (χ2v) is 5.30. The van der Waals surface area contributed by atoms with E-state index >= 15 is 0 Å². The lowest BCUT2D eigenvalue weighted by Crippen LogP contribution is -2.02. The van der Waals surface area contributed by atoms with Crippen molar-refractivity contribution in [3.05, 3.63) is 59.7 Å². The van der Waals surface area contributed by atoms with E-state index < -0.39 is 0 Å². The molecule has 0 aliphatic rings. The standard InChI is InChI=1S/C19H22N2O2/c1-2-3-12-19(20-13-15-8-4-6-10-17(15)22)21-14-16-9-5-7-11-18(16)23/h4-11,13-14,19,22-23H,2-3,12H2,1H3. The Labute approximate surface area is 136 Å². The molecule has 2 aromatic carbocycles. The number of aliphatic imine (C=N–C) groups is 2. The summed E-state index contributed by atoms with van der Waals surface area (Å²) in [5.74, 6) is 0.408. The highest BCUT2D eigenvalue weighted by atomic mass is 16.3. The van der Waals surface area contributed by atoms with Crippen molar-refractivity contribution >= 4 is 12.4 Å². The van der Waals surface area contributed by atoms with Crippen LogP contribution in [-0.4, -0.2) is 28.8 Å². The van der Waals surface area contributed by atoms with Gasteiger partial charge in [-0.3, -0.25) is 9.98 Å². The lowest BCUT2D eigenvalue weighted by Gasteiger charge is -2.07. The van der Waals surface area contributed by atoms with Crippen molar-refractivity contribution in [1.82, 2.24) is 0 Å². The minimum Gasteiger partial charge on any atom is -0.507 e. The average molecular weight is 310 g/mol. The van der Waals surface area contributed by atoms with Gasteiger partial charge in [-0.1, -0.05) is 37.6 Å². The second-order valence-electron chi connectivity index (χ2n) is 5.30. The molecule has 0 aliphatic heterocycles. The second kappa shape index (κ2) is 8.73. The maximum Gasteiger partial charge on any atom is 0.139 e. The van der Waals surface area contributed by atoms with E-state index in [2.05, 4.69) is 16.9 Å². The smallest absolute Gasteiger partial charge is 0.139 e. The molecule has 120 valence electrons. The Hall–Kier alpha value is -2.62. The number of aromatic hydroxyl groups is 2. The van der Waals surface area contributed by atoms with Gasteiger partial charge < -0.3 is 10.2 Å². The number of phenolic OH excluding ortho intramolecular Hbond substituents is 2. The number of nitrogens with zero attached hydrogens (tertiary/aromatic N) is 2. The first-order chi connectivity index (χ1) is 11.2. The molecule has 23 heavy (non-hydrogen) atoms. The highest BCUT2D eigenvalue weighted by Crippen LogP contribution is 2.16. The van der Waals surface area contributed by atoms with Crippen LogP contribution in [0.5, 0.6) is 11.5 Å². The van der Waals surface area contributed by atoms with Gasteiger partial charge in [0.25, 0.3) is 0 Å². The van der Waals surface area contributed by atoms with E-state index in [1.165, 1.54) is 0 Å². The summed E-state index contributed by atoms with van der Waals surface area (Å²) in [6.45, 7) is 2.12. The molecule has 0 saturated heterocycles. The van der Waals surface area contributed by atoms with Crippen molar-refractivity contribution < 1.29 is 10.2 Å². The monoisotopic (exact) mass is 310 g/mol. The van der Waals surface area contributed by atoms with Gasteiger partial charge in [-0.05, 0) is 37.1 Å². The van der Waals surface area contributed by atoms with Crippen molar-refractivity contribution in [3.63, 3.8) is 0 Å². The van der Waals surface area contributed by atoms with E-state index in [1.54, 1.807) is 36.7 Å². The molecule has 0 unspecified atom stereocenters. The van der Waals surface area contributed by atoms with Gasteiger partial charge in [0.1, 0.15) is 17.7 Å². The summed E-state index contributed by atoms with van der Waals surface area (Å²) in [5, 5.41) is 19.6. The van der Waals surface area contributed by atoms with Crippen LogP contribution in [-0.2, 0) is 0 Å². The van der Waals surface area contributed by atoms with Gasteiger partial charge >= 0.3 is 0 Å². The van der Waals surface area contributed by atoms with Gasteiger partial charge in [0, 0.05) is 23.6 Å². The van der Waals surface area contributed by atoms with E-state index in [9.17, 15) is 10.2 Å². The molecule has 0 aromatic heterocycles. The third kappa shape index (κ3) is 5.25. The molecule has 0 fully saturated rings. The maximum atomic E-state index is 9.78. The lowest BCUT2D eigenvalue weighted by atomic mass is 10.2. The molecule has 4 heteroatoms. The predicted molar refractivity (Wildman–Crippen MR) is 94.7 cm³/mol. The number of phenols is 2. The van der Waals surface area contributed by atoms with Crippen LogP contribution in [0.3, 0.4) is 0 Å². The highest BCUT2D eigenvalue weighted by molar-refractivity contribution is 5.84. The van der Waals surface area contributed by atoms with Crippen LogP contribution >= 0.6 is 0 Å². The van der Waals surface area contributed by atoms with Crippen LogP contribution in [0.2, 0.25) is 0 Å². The molecule has 0 saturated carbocycles. The summed E-state index contributed by atoms with van der Waals surface area (Å²) in [4.78, 5) is 8.94. The molecule has 2 N–H and O–H groups in total. The SMILES string of the molecule is CCCCC(N=Cc1ccccc1O)N=Cc1ccccc1O. The van der Waals surface area contributed by atoms with E-state index in [4.69, 9.17) is 0 Å². The molecule has 0 heterocycles. The Kier molecular flexibility index (Phi) is 6.36. The minimum atomic E-state index is -0.228. The number of hydrogen-bond acceptors (Lipinski definition) is 4. The fourth-order valence-corrected chi connectivity index (χ4v) is 2.10. The third-order valence-electron chi connectivity index (χ3n) is 3.46. The first-order valence-corrected chi connectivity index (χ1v) is 7.83. The summed E-state index contributed by atoms with van der Waals surface area (Å²) in [6, 6.07) is 14.1. The van der Waals surface area contributed by atoms with Crippen LogP contribution in [0.15, 0.2) is 58.5 Å². The van der Waals surface area contributed by atoms with Crippen LogP contribution in [0, 0.1) is 0 Å². The number of para-hydroxylation sites is 2. The van der Waals surface area contributed by atoms with Crippen molar-refractivity contribution in [3.8, 4) is 11.5 Å². The van der Waals surface area contributed by atoms with Gasteiger partial charge in [0.15, 0.2) is 0 Å². The molecular formula is C19H22N2O2. The summed E-state index contributed by atoms with van der Waals surface area (Å²) < 4.78 is 0. The highest BCUT2D eigenvalue weighted by Gasteiger charge is 2.04. The number of hydrogen-bond donors (Lipinski definition) is 2. The van der Waals surface area contributed by atoms with Crippen LogP contribution < -0.4 is 0 Å². The predicted octanol–water partition coefficient (Wildman–Crippen LogP) is 4.15. The number of unbranched alkanes of at least 4 members (excludes halogenated alkanes) is 1. The van der Waals surface area contributed by atoms with Crippen LogP contribution in [0.1, 0.15) is 37.3 Å². The zero-order chi connectivity index (χ0) is 16.5. The van der Waals surface area contributed by atoms with Crippen LogP contribution in [0.25, 0.3) is 0 Å². The lowest BCUT2D eigenvalue weighted by molar-refractivity contribution is 0.474. The van der Waals surface area contributed by atoms with Crippen molar-refractivity contribution in [2.24, 2.45) is 9.98 Å². The topological polar surface area (TPSA) is 65.2 Å². The Morgan fingerprint density at radius 1 is 0.870 bits per heavy atom. The zero-order valence-electron chi connectivity index (χ0n) is 13.3. The molecule has 4 nitrogen and oxygen atoms in total. The zero-order valence-corrected chi connectivity index (χ0v) is 13.3. The van der Waals surface area contributed by atoms with E-state index in [0.29, 0.717) is 11.1 Å². The molecule has 0 atom stereocenters. The number of benzene rings is 2. The normalized spacial score (nSPS) is 12.9. The third-order valence-corrected chi connectivity index (χ3v) is 3.46. The van der Waals surface area contributed by atoms with Gasteiger partial charge in [0.05, 0.1) is 0 Å². The quantitative estimate of drug-likeness (QED) is 0.754. The molecule has 0 aliphatic carbocycles. The Bertz CT molecular complexity index is 625. The van der Waals surface area contributed by atoms with Crippen LogP contribution in [0.4, 0.5) is 0 Å². The van der Waals surface area contributed by atoms with Gasteiger partial charge in [0.2, 0.25) is 0 Å². The molecule has 2 aromatic rings. The molecule has 0 bridgehead atoms. The van der Waals surface area contributed by atoms with Crippen molar-refractivity contribution in [1.29, 1.82) is 0 Å². The summed E-state index contributed by atoms with van der Waals surface area (Å²) in [6.07, 6.45) is 5.98. The first-order valence-electron chi connectivity index (χ1n) is 7.83. The number of rotatable bonds is 7. The van der Waals surface area contributed by atoms with Crippen molar-refractivity contribution in [2.75, 3.05) is 0 Å². The van der Waals surface area contributed by atoms with Crippen molar-refractivity contribution in [2.45, 2.75) is 32.4 Å². The van der Waals surface area contributed by atoms with E-state index in [-0.39, 0.29) is 17.7 Å². The summed E-state index contributed by atoms with van der Waals surface area (Å²) in [5.41, 5.74) is 1.35. The minimum absolute atomic E-state index is 0.204. The van der Waals surface area contributed by atoms with E-state index in [0.717, 1.165) is 19.3 Å². The fraction of sp³-hybridized carbons (Fsp3) is 0.263. The molecule has 0 radical (unpaired) electrons. The van der Waals surface area contributed by atoms with Gasteiger partial charge in [-0.15, -0.1) is 0 Å². The largest absolute Gasteiger partial charge is 0.507 e. The Morgan fingerprint density at radius 2 is 1.35 bits per heavy atom. The molecular weight excluding hydrogens is 288 g/mol. The first kappa shape index (κ1) is 16.7. The summed E-state index contributed by atoms with van der Waals surface area (Å²) >= 11 is 0.